The third kappa shape index (κ3) is 0.616. The number of aliphatic hydroxyl groups excluding tert-OH is 2. The first kappa shape index (κ1) is 5.61. The first-order valence-electron chi connectivity index (χ1n) is 3.16. The Hall–Kier alpha value is -0.160. The Bertz CT molecular complexity index is 112. The van der Waals surface area contributed by atoms with Crippen LogP contribution in [0.1, 0.15) is 6.42 Å². The minimum Gasteiger partial charge on any atom is -0.389 e. The number of hydrazine groups is 1. The molecule has 52 valence electrons. The molecule has 1 saturated heterocycles. The van der Waals surface area contributed by atoms with E-state index >= 15 is 0 Å². The van der Waals surface area contributed by atoms with Crippen molar-refractivity contribution in [2.75, 3.05) is 0 Å². The van der Waals surface area contributed by atoms with E-state index in [0.29, 0.717) is 0 Å². The fourth-order valence-electron chi connectivity index (χ4n) is 1.53. The molecule has 0 aromatic rings. The summed E-state index contributed by atoms with van der Waals surface area (Å²) in [6.07, 6.45) is -0.310. The summed E-state index contributed by atoms with van der Waals surface area (Å²) < 4.78 is 0. The van der Waals surface area contributed by atoms with Gasteiger partial charge >= 0.3 is 0 Å². The minimum atomic E-state index is -0.573. The Morgan fingerprint density at radius 1 is 1.00 bits per heavy atom. The summed E-state index contributed by atoms with van der Waals surface area (Å²) in [5.74, 6) is 0. The lowest BCUT2D eigenvalue weighted by Crippen LogP contribution is -2.54. The zero-order valence-electron chi connectivity index (χ0n) is 4.91. The van der Waals surface area contributed by atoms with E-state index in [1.165, 1.54) is 0 Å². The van der Waals surface area contributed by atoms with Crippen molar-refractivity contribution in [3.63, 3.8) is 0 Å². The van der Waals surface area contributed by atoms with Crippen molar-refractivity contribution in [3.05, 3.63) is 0 Å². The Balaban J connectivity index is 2.15. The van der Waals surface area contributed by atoms with Crippen LogP contribution in [-0.4, -0.2) is 34.5 Å². The van der Waals surface area contributed by atoms with Crippen LogP contribution in [0.4, 0.5) is 0 Å². The zero-order chi connectivity index (χ0) is 6.43. The number of rotatable bonds is 0. The molecule has 0 aromatic heterocycles. The van der Waals surface area contributed by atoms with Crippen molar-refractivity contribution in [1.82, 2.24) is 10.9 Å². The van der Waals surface area contributed by atoms with Crippen LogP contribution in [0.5, 0.6) is 0 Å². The van der Waals surface area contributed by atoms with Gasteiger partial charge in [0.1, 0.15) is 0 Å². The average molecular weight is 130 g/mol. The third-order valence-corrected chi connectivity index (χ3v) is 2.14. The number of hydrogen-bond donors (Lipinski definition) is 4. The van der Waals surface area contributed by atoms with E-state index in [0.717, 1.165) is 6.42 Å². The van der Waals surface area contributed by atoms with Crippen molar-refractivity contribution < 1.29 is 10.2 Å². The lowest BCUT2D eigenvalue weighted by molar-refractivity contribution is -0.00441. The lowest BCUT2D eigenvalue weighted by atomic mass is 10.2. The van der Waals surface area contributed by atoms with Gasteiger partial charge in [0.05, 0.1) is 24.3 Å². The predicted octanol–water partition coefficient (Wildman–Crippen LogP) is -2.04. The van der Waals surface area contributed by atoms with Gasteiger partial charge in [0.15, 0.2) is 0 Å². The fraction of sp³-hybridized carbons (Fsp3) is 1.00. The predicted molar refractivity (Wildman–Crippen MR) is 30.5 cm³/mol. The number of nitrogens with one attached hydrogen (secondary N) is 2. The molecule has 1 aliphatic carbocycles. The second kappa shape index (κ2) is 1.67. The monoisotopic (exact) mass is 130 g/mol. The van der Waals surface area contributed by atoms with Gasteiger partial charge in [-0.05, 0) is 6.42 Å². The third-order valence-electron chi connectivity index (χ3n) is 2.14. The van der Waals surface area contributed by atoms with Crippen LogP contribution < -0.4 is 10.9 Å². The highest BCUT2D eigenvalue weighted by molar-refractivity contribution is 5.02. The molecule has 2 bridgehead atoms. The molecule has 0 spiro atoms. The first-order valence-corrected chi connectivity index (χ1v) is 3.16. The van der Waals surface area contributed by atoms with E-state index < -0.39 is 12.2 Å². The molecule has 1 heterocycles. The summed E-state index contributed by atoms with van der Waals surface area (Å²) in [6, 6.07) is 0.120. The quantitative estimate of drug-likeness (QED) is 0.305. The summed E-state index contributed by atoms with van der Waals surface area (Å²) in [5.41, 5.74) is 5.75. The molecule has 4 atom stereocenters. The molecule has 4 N–H and O–H groups in total. The van der Waals surface area contributed by atoms with E-state index in [1.807, 2.05) is 0 Å². The van der Waals surface area contributed by atoms with Crippen LogP contribution in [0.3, 0.4) is 0 Å². The SMILES string of the molecule is OC1C2CC(NN2)C1O. The van der Waals surface area contributed by atoms with Crippen LogP contribution in [0.25, 0.3) is 0 Å². The van der Waals surface area contributed by atoms with E-state index in [2.05, 4.69) is 10.9 Å². The topological polar surface area (TPSA) is 64.5 Å². The van der Waals surface area contributed by atoms with Crippen molar-refractivity contribution in [1.29, 1.82) is 0 Å². The van der Waals surface area contributed by atoms with Crippen molar-refractivity contribution in [2.24, 2.45) is 0 Å². The largest absolute Gasteiger partial charge is 0.389 e. The minimum absolute atomic E-state index is 0.0602. The van der Waals surface area contributed by atoms with Crippen LogP contribution in [0.15, 0.2) is 0 Å². The van der Waals surface area contributed by atoms with E-state index in [9.17, 15) is 0 Å². The molecule has 2 rings (SSSR count). The molecule has 0 amide bonds. The molecular formula is C5H10N2O2. The van der Waals surface area contributed by atoms with Crippen molar-refractivity contribution in [3.8, 4) is 0 Å². The maximum absolute atomic E-state index is 9.14. The molecule has 0 radical (unpaired) electrons. The highest BCUT2D eigenvalue weighted by Gasteiger charge is 2.45. The van der Waals surface area contributed by atoms with Gasteiger partial charge in [-0.2, -0.15) is 0 Å². The molecule has 1 saturated carbocycles. The maximum Gasteiger partial charge on any atom is 0.0981 e. The van der Waals surface area contributed by atoms with Crippen molar-refractivity contribution >= 4 is 0 Å². The van der Waals surface area contributed by atoms with E-state index in [4.69, 9.17) is 10.2 Å². The Morgan fingerprint density at radius 3 is 1.67 bits per heavy atom. The molecular weight excluding hydrogens is 120 g/mol. The first-order chi connectivity index (χ1) is 4.29. The number of fused-ring (bicyclic) bond motifs is 2. The molecule has 4 nitrogen and oxygen atoms in total. The molecule has 2 fully saturated rings. The average Bonchev–Trinajstić information content (AvgIpc) is 2.37. The second-order valence-corrected chi connectivity index (χ2v) is 2.72. The van der Waals surface area contributed by atoms with Gasteiger partial charge in [-0.25, -0.2) is 0 Å². The summed E-state index contributed by atoms with van der Waals surface area (Å²) >= 11 is 0. The van der Waals surface area contributed by atoms with Gasteiger partial charge in [0.25, 0.3) is 0 Å². The van der Waals surface area contributed by atoms with Crippen LogP contribution in [0, 0.1) is 0 Å². The molecule has 4 heteroatoms. The summed E-state index contributed by atoms with van der Waals surface area (Å²) in [4.78, 5) is 0. The highest BCUT2D eigenvalue weighted by atomic mass is 16.3. The van der Waals surface area contributed by atoms with Crippen LogP contribution in [0.2, 0.25) is 0 Å². The van der Waals surface area contributed by atoms with Gasteiger partial charge in [0.2, 0.25) is 0 Å². The molecule has 9 heavy (non-hydrogen) atoms. The highest BCUT2D eigenvalue weighted by Crippen LogP contribution is 2.24. The Morgan fingerprint density at radius 2 is 1.44 bits per heavy atom. The molecule has 1 aliphatic heterocycles. The van der Waals surface area contributed by atoms with Crippen molar-refractivity contribution in [2.45, 2.75) is 30.7 Å². The Labute approximate surface area is 52.8 Å². The molecule has 2 aliphatic rings. The second-order valence-electron chi connectivity index (χ2n) is 2.72. The van der Waals surface area contributed by atoms with Gasteiger partial charge in [-0.1, -0.05) is 0 Å². The van der Waals surface area contributed by atoms with E-state index in [1.54, 1.807) is 0 Å². The summed E-state index contributed by atoms with van der Waals surface area (Å²) in [6.45, 7) is 0. The lowest BCUT2D eigenvalue weighted by Gasteiger charge is -2.23. The molecule has 4 unspecified atom stereocenters. The van der Waals surface area contributed by atoms with Gasteiger partial charge in [-0.3, -0.25) is 10.9 Å². The molecule has 0 aromatic carbocycles. The van der Waals surface area contributed by atoms with Gasteiger partial charge in [0, 0.05) is 0 Å². The standard InChI is InChI=1S/C5H10N2O2/c8-4-2-1-3(5(4)9)7-6-2/h2-9H,1H2. The summed E-state index contributed by atoms with van der Waals surface area (Å²) in [5, 5.41) is 18.3. The van der Waals surface area contributed by atoms with E-state index in [-0.39, 0.29) is 12.1 Å². The normalized spacial score (nSPS) is 56.7. The number of aliphatic hydroxyl groups is 2. The van der Waals surface area contributed by atoms with Crippen LogP contribution >= 0.6 is 0 Å². The van der Waals surface area contributed by atoms with Gasteiger partial charge < -0.3 is 10.2 Å². The maximum atomic E-state index is 9.14. The smallest absolute Gasteiger partial charge is 0.0981 e. The summed E-state index contributed by atoms with van der Waals surface area (Å²) in [7, 11) is 0. The zero-order valence-corrected chi connectivity index (χ0v) is 4.91. The fourth-order valence-corrected chi connectivity index (χ4v) is 1.53. The van der Waals surface area contributed by atoms with Gasteiger partial charge in [-0.15, -0.1) is 0 Å². The van der Waals surface area contributed by atoms with Crippen LogP contribution in [-0.2, 0) is 0 Å². The number of hydrogen-bond acceptors (Lipinski definition) is 4. The Kier molecular flexibility index (Phi) is 1.04.